The van der Waals surface area contributed by atoms with Crippen LogP contribution in [0.25, 0.3) is 50.3 Å². The lowest BCUT2D eigenvalue weighted by molar-refractivity contribution is 0.0342. The molecule has 5 aliphatic rings. The van der Waals surface area contributed by atoms with Crippen molar-refractivity contribution in [2.75, 3.05) is 89.3 Å². The third kappa shape index (κ3) is 14.4. The lowest BCUT2D eigenvalue weighted by Gasteiger charge is -2.26. The van der Waals surface area contributed by atoms with Gasteiger partial charge in [0.25, 0.3) is 5.91 Å². The van der Waals surface area contributed by atoms with Crippen LogP contribution in [0.4, 0.5) is 31.0 Å². The predicted molar refractivity (Wildman–Crippen MR) is 389 cm³/mol. The highest BCUT2D eigenvalue weighted by molar-refractivity contribution is 5.93. The quantitative estimate of drug-likeness (QED) is 0.0776. The van der Waals surface area contributed by atoms with Crippen LogP contribution in [0.5, 0.6) is 17.2 Å². The number of carbonyl (C=O) groups excluding carboxylic acids is 1. The molecule has 2 saturated heterocycles. The van der Waals surface area contributed by atoms with Gasteiger partial charge in [-0.15, -0.1) is 0 Å². The number of hydrogen-bond acceptors (Lipinski definition) is 17. The Morgan fingerprint density at radius 1 is 0.466 bits per heavy atom. The Kier molecular flexibility index (Phi) is 19.5. The Morgan fingerprint density at radius 2 is 0.845 bits per heavy atom. The summed E-state index contributed by atoms with van der Waals surface area (Å²) in [6.45, 7) is 18.3. The summed E-state index contributed by atoms with van der Waals surface area (Å²) in [6, 6.07) is 28.6. The highest BCUT2D eigenvalue weighted by Crippen LogP contribution is 2.36. The number of nitrogens with one attached hydrogen (secondary N) is 3. The maximum absolute atomic E-state index is 14.6. The molecule has 0 spiro atoms. The molecule has 7 aromatic heterocycles. The number of aromatic nitrogens is 10. The van der Waals surface area contributed by atoms with Crippen molar-refractivity contribution >= 4 is 40.7 Å². The number of hydrogen-bond donors (Lipinski definition) is 3. The zero-order chi connectivity index (χ0) is 70.8. The molecule has 24 heteroatoms. The first-order valence-electron chi connectivity index (χ1n) is 35.1. The fraction of sp³-hybridized carbons (Fsp3) is 0.316. The van der Waals surface area contributed by atoms with Gasteiger partial charge in [0.15, 0.2) is 0 Å². The summed E-state index contributed by atoms with van der Waals surface area (Å²) < 4.78 is 71.7. The minimum Gasteiger partial charge on any atom is -0.493 e. The standard InChI is InChI=1S/C27H28FN5O2.C27H28FN5O.C25H25FN6O2/c1-18-16-33-26(31-18)22(20-4-2-19(3-5-20)17-32-9-12-34-13-10-32)14-29-27(33)30-15-23-21-8-11-35-25(21)7-6-24(23)28;1-18-16-33-26(31-18)22(20-6-4-19(5-7-20)17-32-11-2-3-12-32)14-29-27(33)30-15-23-21-10-13-34-25(21)9-8-24(23)28;1-14-9-21(24(33)31(3)4)27-10-17(14)19-12-29-25(32-13-15(2)30-23(19)32)28-11-18-16-7-8-34-22(16)6-5-20(18)26/h2-7,14,16H,8-13,15,17H2,1H3,(H,29,30);4-9,14,16H,2-3,10-13,15,17H2,1H3,(H,29,30);5-6,9-10,12-13H,7-8,11H2,1-4H3,(H,28,29). The zero-order valence-corrected chi connectivity index (χ0v) is 58.6. The van der Waals surface area contributed by atoms with Gasteiger partial charge in [0, 0.05) is 178 Å². The van der Waals surface area contributed by atoms with E-state index in [0.29, 0.717) is 85.2 Å². The van der Waals surface area contributed by atoms with E-state index in [1.54, 1.807) is 50.8 Å². The highest BCUT2D eigenvalue weighted by Gasteiger charge is 2.26. The number of nitrogens with zero attached hydrogens (tertiary/aromatic N) is 13. The number of rotatable bonds is 17. The fourth-order valence-corrected chi connectivity index (χ4v) is 14.3. The molecule has 12 aromatic rings. The minimum absolute atomic E-state index is 0.154. The number of likely N-dealkylation sites (tertiary alicyclic amines) is 1. The van der Waals surface area contributed by atoms with Gasteiger partial charge in [0.1, 0.15) is 57.3 Å². The number of amides is 1. The monoisotopic (exact) mass is 1390 g/mol. The van der Waals surface area contributed by atoms with E-state index in [2.05, 4.69) is 89.2 Å². The molecule has 5 aliphatic heterocycles. The number of ether oxygens (including phenoxy) is 4. The van der Waals surface area contributed by atoms with Gasteiger partial charge in [-0.1, -0.05) is 48.5 Å². The summed E-state index contributed by atoms with van der Waals surface area (Å²) in [5.74, 6) is 3.24. The maximum atomic E-state index is 14.6. The van der Waals surface area contributed by atoms with E-state index in [9.17, 15) is 18.0 Å². The number of carbonyl (C=O) groups is 1. The molecule has 0 saturated carbocycles. The van der Waals surface area contributed by atoms with Gasteiger partial charge < -0.3 is 39.8 Å². The average Bonchev–Trinajstić information content (AvgIpc) is 1.65. The van der Waals surface area contributed by atoms with E-state index in [-0.39, 0.29) is 29.9 Å². The number of fused-ring (bicyclic) bond motifs is 6. The van der Waals surface area contributed by atoms with Gasteiger partial charge in [0.2, 0.25) is 17.8 Å². The van der Waals surface area contributed by atoms with Crippen molar-refractivity contribution < 1.29 is 36.9 Å². The first kappa shape index (κ1) is 67.9. The molecule has 2 fully saturated rings. The molecule has 0 aliphatic carbocycles. The number of aryl methyl sites for hydroxylation is 4. The predicted octanol–water partition coefficient (Wildman–Crippen LogP) is 13.0. The second-order valence-corrected chi connectivity index (χ2v) is 26.9. The number of imidazole rings is 3. The first-order chi connectivity index (χ1) is 50.1. The largest absolute Gasteiger partial charge is 0.493 e. The van der Waals surface area contributed by atoms with E-state index >= 15 is 0 Å². The summed E-state index contributed by atoms with van der Waals surface area (Å²) in [5.41, 5.74) is 19.2. The molecular formula is C79H81F3N16O5. The third-order valence-corrected chi connectivity index (χ3v) is 19.6. The molecule has 1 amide bonds. The Hall–Kier alpha value is -11.0. The normalized spacial score (nSPS) is 14.7. The van der Waals surface area contributed by atoms with Crippen molar-refractivity contribution in [2.45, 2.75) is 92.5 Å². The topological polar surface area (TPSA) is 203 Å². The Labute approximate surface area is 594 Å². The van der Waals surface area contributed by atoms with E-state index in [1.165, 1.54) is 60.2 Å². The summed E-state index contributed by atoms with van der Waals surface area (Å²) in [5, 5.41) is 9.92. The zero-order valence-electron chi connectivity index (χ0n) is 58.6. The molecule has 21 nitrogen and oxygen atoms in total. The van der Waals surface area contributed by atoms with Crippen molar-refractivity contribution in [1.82, 2.24) is 62.8 Å². The van der Waals surface area contributed by atoms with Gasteiger partial charge >= 0.3 is 0 Å². The van der Waals surface area contributed by atoms with Crippen molar-refractivity contribution in [3.8, 4) is 50.6 Å². The van der Waals surface area contributed by atoms with Crippen LogP contribution in [0.3, 0.4) is 0 Å². The van der Waals surface area contributed by atoms with Crippen LogP contribution in [-0.4, -0.2) is 142 Å². The fourth-order valence-electron chi connectivity index (χ4n) is 14.3. The van der Waals surface area contributed by atoms with Crippen LogP contribution >= 0.6 is 0 Å². The lowest BCUT2D eigenvalue weighted by atomic mass is 10.0. The first-order valence-corrected chi connectivity index (χ1v) is 35.1. The van der Waals surface area contributed by atoms with Crippen LogP contribution in [0.15, 0.2) is 134 Å². The van der Waals surface area contributed by atoms with E-state index in [0.717, 1.165) is 153 Å². The highest BCUT2D eigenvalue weighted by atomic mass is 19.1. The number of benzene rings is 5. The number of morpholine rings is 1. The molecule has 0 atom stereocenters. The van der Waals surface area contributed by atoms with Crippen molar-refractivity contribution in [3.63, 3.8) is 0 Å². The summed E-state index contributed by atoms with van der Waals surface area (Å²) >= 11 is 0. The summed E-state index contributed by atoms with van der Waals surface area (Å²) in [7, 11) is 3.39. The second-order valence-electron chi connectivity index (χ2n) is 26.9. The molecule has 103 heavy (non-hydrogen) atoms. The van der Waals surface area contributed by atoms with Crippen LogP contribution in [0, 0.1) is 45.1 Å². The minimum atomic E-state index is -0.263. The van der Waals surface area contributed by atoms with Gasteiger partial charge in [-0.05, 0) is 124 Å². The van der Waals surface area contributed by atoms with Crippen molar-refractivity contribution in [1.29, 1.82) is 0 Å². The SMILES string of the molecule is Cc1cn2c(NCc3c(F)ccc4c3CCO4)ncc(-c3ccc(CN4CCCC4)cc3)c2n1.Cc1cn2c(NCc3c(F)ccc4c3CCO4)ncc(-c3ccc(CN4CCOCC4)cc3)c2n1.Cc1cn2c(NCc3c(F)ccc4c3CCO4)ncc(-c3cnc(C(=O)N(C)C)cc3C)c2n1. The summed E-state index contributed by atoms with van der Waals surface area (Å²) in [6.07, 6.45) is 17.7. The number of pyridine rings is 1. The Bertz CT molecular complexity index is 5140. The second kappa shape index (κ2) is 29.6. The van der Waals surface area contributed by atoms with E-state index in [4.69, 9.17) is 38.9 Å². The molecule has 12 heterocycles. The van der Waals surface area contributed by atoms with E-state index in [1.807, 2.05) is 71.9 Å². The van der Waals surface area contributed by atoms with Crippen LogP contribution in [0.1, 0.15) is 90.5 Å². The lowest BCUT2D eigenvalue weighted by Crippen LogP contribution is -2.35. The Balaban J connectivity index is 0.000000125. The molecule has 0 bridgehead atoms. The molecule has 5 aromatic carbocycles. The number of halogens is 3. The van der Waals surface area contributed by atoms with Crippen molar-refractivity contribution in [3.05, 3.63) is 225 Å². The van der Waals surface area contributed by atoms with Crippen LogP contribution < -0.4 is 30.2 Å². The summed E-state index contributed by atoms with van der Waals surface area (Å²) in [4.78, 5) is 51.3. The van der Waals surface area contributed by atoms with Gasteiger partial charge in [-0.3, -0.25) is 32.8 Å². The van der Waals surface area contributed by atoms with Gasteiger partial charge in [-0.2, -0.15) is 0 Å². The van der Waals surface area contributed by atoms with Gasteiger partial charge in [0.05, 0.1) is 50.1 Å². The average molecular weight is 1390 g/mol. The molecule has 0 unspecified atom stereocenters. The maximum Gasteiger partial charge on any atom is 0.271 e. The van der Waals surface area contributed by atoms with Crippen molar-refractivity contribution in [2.24, 2.45) is 0 Å². The number of anilines is 3. The molecular weight excluding hydrogens is 1310 g/mol. The molecule has 0 radical (unpaired) electrons. The molecule has 3 N–H and O–H groups in total. The Morgan fingerprint density at radius 3 is 1.24 bits per heavy atom. The van der Waals surface area contributed by atoms with Gasteiger partial charge in [-0.25, -0.2) is 43.1 Å². The molecule has 17 rings (SSSR count). The molecule has 528 valence electrons. The third-order valence-electron chi connectivity index (χ3n) is 19.6. The smallest absolute Gasteiger partial charge is 0.271 e. The van der Waals surface area contributed by atoms with E-state index < -0.39 is 0 Å². The van der Waals surface area contributed by atoms with Crippen LogP contribution in [-0.2, 0) is 56.7 Å². The van der Waals surface area contributed by atoms with Crippen LogP contribution in [0.2, 0.25) is 0 Å².